The number of carbonyl (C=O) groups excluding carboxylic acids is 4. The van der Waals surface area contributed by atoms with Crippen LogP contribution in [0.15, 0.2) is 36.0 Å². The number of hydrogen-bond donors (Lipinski definition) is 2. The highest BCUT2D eigenvalue weighted by Crippen LogP contribution is 2.25. The van der Waals surface area contributed by atoms with Crippen molar-refractivity contribution in [2.75, 3.05) is 7.11 Å². The Hall–Kier alpha value is -2.58. The Bertz CT molecular complexity index is 844. The highest BCUT2D eigenvalue weighted by molar-refractivity contribution is 5.97. The van der Waals surface area contributed by atoms with Crippen LogP contribution in [-0.4, -0.2) is 54.1 Å². The Balaban J connectivity index is 2.11. The molecule has 2 rings (SSSR count). The molecule has 0 aromatic heterocycles. The van der Waals surface area contributed by atoms with Gasteiger partial charge in [0.25, 0.3) is 0 Å². The molecule has 5 atom stereocenters. The van der Waals surface area contributed by atoms with Gasteiger partial charge in [0.2, 0.25) is 11.8 Å². The number of methoxy groups -OCH3 is 1. The van der Waals surface area contributed by atoms with E-state index < -0.39 is 30.2 Å². The number of carbonyl (C=O) groups is 4. The maximum Gasteiger partial charge on any atom is 0.331 e. The minimum Gasteiger partial charge on any atom is -0.454 e. The number of amides is 2. The fourth-order valence-electron chi connectivity index (χ4n) is 4.61. The van der Waals surface area contributed by atoms with Gasteiger partial charge in [0.1, 0.15) is 18.0 Å². The zero-order valence-electron chi connectivity index (χ0n) is 21.2. The number of imide groups is 1. The molecule has 2 aliphatic heterocycles. The predicted molar refractivity (Wildman–Crippen MR) is 131 cm³/mol. The van der Waals surface area contributed by atoms with Crippen molar-refractivity contribution in [1.29, 1.82) is 0 Å². The summed E-state index contributed by atoms with van der Waals surface area (Å²) in [6.45, 7) is 5.39. The maximum absolute atomic E-state index is 13.0. The number of aliphatic hydroxyl groups excluding tert-OH is 1. The monoisotopic (exact) mass is 489 g/mol. The van der Waals surface area contributed by atoms with E-state index in [2.05, 4.69) is 5.32 Å². The number of hydrogen-bond acceptors (Lipinski definition) is 7. The van der Waals surface area contributed by atoms with Crippen molar-refractivity contribution in [2.45, 2.75) is 84.0 Å². The minimum absolute atomic E-state index is 0.0524. The van der Waals surface area contributed by atoms with Crippen molar-refractivity contribution in [1.82, 2.24) is 5.32 Å². The van der Waals surface area contributed by atoms with E-state index in [9.17, 15) is 24.3 Å². The summed E-state index contributed by atoms with van der Waals surface area (Å²) in [5, 5.41) is 13.1. The van der Waals surface area contributed by atoms with Crippen LogP contribution in [-0.2, 0) is 28.7 Å². The number of ketones is 1. The van der Waals surface area contributed by atoms with Crippen LogP contribution < -0.4 is 5.32 Å². The van der Waals surface area contributed by atoms with Gasteiger partial charge in [0.05, 0.1) is 12.0 Å². The van der Waals surface area contributed by atoms with Gasteiger partial charge in [-0.15, -0.1) is 0 Å². The minimum atomic E-state index is -0.803. The molecule has 2 amide bonds. The maximum atomic E-state index is 13.0. The predicted octanol–water partition coefficient (Wildman–Crippen LogP) is 3.19. The van der Waals surface area contributed by atoms with Gasteiger partial charge in [-0.1, -0.05) is 38.2 Å². The molecule has 0 bridgehead atoms. The molecule has 2 aliphatic rings. The van der Waals surface area contributed by atoms with E-state index in [1.54, 1.807) is 27.0 Å². The Labute approximate surface area is 207 Å². The van der Waals surface area contributed by atoms with Crippen LogP contribution in [0.25, 0.3) is 0 Å². The lowest BCUT2D eigenvalue weighted by atomic mass is 9.86. The Kier molecular flexibility index (Phi) is 11.5. The molecule has 0 saturated carbocycles. The van der Waals surface area contributed by atoms with Crippen molar-refractivity contribution < 1.29 is 33.8 Å². The van der Waals surface area contributed by atoms with E-state index in [4.69, 9.17) is 9.47 Å². The van der Waals surface area contributed by atoms with Crippen LogP contribution in [0, 0.1) is 17.8 Å². The van der Waals surface area contributed by atoms with E-state index in [0.29, 0.717) is 44.1 Å². The van der Waals surface area contributed by atoms with E-state index in [1.165, 1.54) is 6.08 Å². The fraction of sp³-hybridized carbons (Fsp3) is 0.630. The highest BCUT2D eigenvalue weighted by Gasteiger charge is 2.31. The number of piperidine rings is 1. The molecule has 1 fully saturated rings. The van der Waals surface area contributed by atoms with E-state index in [-0.39, 0.29) is 35.9 Å². The number of ether oxygens (including phenoxy) is 2. The summed E-state index contributed by atoms with van der Waals surface area (Å²) in [4.78, 5) is 48.6. The summed E-state index contributed by atoms with van der Waals surface area (Å²) in [6, 6.07) is 0. The van der Waals surface area contributed by atoms with Crippen molar-refractivity contribution in [3.05, 3.63) is 36.0 Å². The van der Waals surface area contributed by atoms with Gasteiger partial charge in [-0.2, -0.15) is 0 Å². The Morgan fingerprint density at radius 3 is 2.51 bits per heavy atom. The van der Waals surface area contributed by atoms with Crippen LogP contribution >= 0.6 is 0 Å². The number of esters is 1. The molecule has 35 heavy (non-hydrogen) atoms. The fourth-order valence-corrected chi connectivity index (χ4v) is 4.61. The normalized spacial score (nSPS) is 31.3. The van der Waals surface area contributed by atoms with Crippen LogP contribution in [0.5, 0.6) is 0 Å². The second-order valence-electron chi connectivity index (χ2n) is 9.62. The summed E-state index contributed by atoms with van der Waals surface area (Å²) in [5.41, 5.74) is 0.685. The standard InChI is InChI=1S/C27H39NO7/c1-17-14-18(2)27(35-25(32)13-8-6-5-7-12-22(34-4)26(17)33)19(3)21(29)11-9-10-20-15-23(30)28-24(31)16-20/h7-8,12-14,17,19-20,22,26-27,33H,5-6,9-11,15-16H2,1-4H3,(H,28,30,31)/b12-7+,13-8+,18-14-. The summed E-state index contributed by atoms with van der Waals surface area (Å²) >= 11 is 0. The molecular formula is C27H39NO7. The van der Waals surface area contributed by atoms with Gasteiger partial charge < -0.3 is 14.6 Å². The molecule has 2 heterocycles. The van der Waals surface area contributed by atoms with Crippen molar-refractivity contribution in [2.24, 2.45) is 17.8 Å². The van der Waals surface area contributed by atoms with Gasteiger partial charge in [-0.25, -0.2) is 4.79 Å². The second-order valence-corrected chi connectivity index (χ2v) is 9.62. The van der Waals surface area contributed by atoms with E-state index in [0.717, 1.165) is 0 Å². The van der Waals surface area contributed by atoms with Gasteiger partial charge in [0.15, 0.2) is 0 Å². The first kappa shape index (κ1) is 28.7. The Morgan fingerprint density at radius 1 is 1.20 bits per heavy atom. The second kappa shape index (κ2) is 14.1. The van der Waals surface area contributed by atoms with Gasteiger partial charge in [-0.3, -0.25) is 19.7 Å². The van der Waals surface area contributed by atoms with Crippen molar-refractivity contribution in [3.63, 3.8) is 0 Å². The summed E-state index contributed by atoms with van der Waals surface area (Å²) in [5.74, 6) is -2.06. The van der Waals surface area contributed by atoms with Crippen LogP contribution in [0.1, 0.15) is 65.7 Å². The van der Waals surface area contributed by atoms with Crippen molar-refractivity contribution in [3.8, 4) is 0 Å². The molecule has 194 valence electrons. The molecule has 0 radical (unpaired) electrons. The van der Waals surface area contributed by atoms with Gasteiger partial charge in [-0.05, 0) is 44.1 Å². The topological polar surface area (TPSA) is 119 Å². The molecule has 1 saturated heterocycles. The van der Waals surface area contributed by atoms with Crippen LogP contribution in [0.4, 0.5) is 0 Å². The lowest BCUT2D eigenvalue weighted by Crippen LogP contribution is -2.38. The lowest BCUT2D eigenvalue weighted by Gasteiger charge is -2.27. The largest absolute Gasteiger partial charge is 0.454 e. The third-order valence-corrected chi connectivity index (χ3v) is 6.67. The average molecular weight is 490 g/mol. The number of Topliss-reactive ketones (excluding diaryl/α,β-unsaturated/α-hetero) is 1. The molecule has 2 N–H and O–H groups in total. The first-order chi connectivity index (χ1) is 16.6. The quantitative estimate of drug-likeness (QED) is 0.320. The van der Waals surface area contributed by atoms with E-state index >= 15 is 0 Å². The van der Waals surface area contributed by atoms with Crippen LogP contribution in [0.3, 0.4) is 0 Å². The first-order valence-corrected chi connectivity index (χ1v) is 12.4. The highest BCUT2D eigenvalue weighted by atomic mass is 16.5. The molecular weight excluding hydrogens is 450 g/mol. The lowest BCUT2D eigenvalue weighted by molar-refractivity contribution is -0.145. The molecule has 0 aromatic carbocycles. The van der Waals surface area contributed by atoms with Gasteiger partial charge >= 0.3 is 5.97 Å². The number of nitrogens with one attached hydrogen (secondary N) is 1. The first-order valence-electron chi connectivity index (χ1n) is 12.4. The van der Waals surface area contributed by atoms with Crippen LogP contribution in [0.2, 0.25) is 0 Å². The molecule has 0 spiro atoms. The third kappa shape index (κ3) is 9.18. The molecule has 8 nitrogen and oxygen atoms in total. The van der Waals surface area contributed by atoms with Gasteiger partial charge in [0, 0.05) is 38.4 Å². The molecule has 0 aliphatic carbocycles. The smallest absolute Gasteiger partial charge is 0.331 e. The Morgan fingerprint density at radius 2 is 1.86 bits per heavy atom. The number of allylic oxidation sites excluding steroid dienone is 2. The van der Waals surface area contributed by atoms with E-state index in [1.807, 2.05) is 25.2 Å². The summed E-state index contributed by atoms with van der Waals surface area (Å²) in [7, 11) is 1.55. The molecule has 0 aromatic rings. The third-order valence-electron chi connectivity index (χ3n) is 6.67. The molecule has 8 heteroatoms. The average Bonchev–Trinajstić information content (AvgIpc) is 2.79. The zero-order valence-corrected chi connectivity index (χ0v) is 21.2. The number of rotatable bonds is 7. The van der Waals surface area contributed by atoms with Crippen molar-refractivity contribution >= 4 is 23.6 Å². The SMILES string of the molecule is COC1/C=C/CC/C=C/C(=O)OC(C(C)C(=O)CCCC2CC(=O)NC(=O)C2)/C(C)=C\C(C)C1O. The molecule has 5 unspecified atom stereocenters. The number of cyclic esters (lactones) is 1. The summed E-state index contributed by atoms with van der Waals surface area (Å²) in [6.07, 6.45) is 9.96. The summed E-state index contributed by atoms with van der Waals surface area (Å²) < 4.78 is 11.1. The number of aliphatic hydroxyl groups is 1. The zero-order chi connectivity index (χ0) is 26.0.